The average Bonchev–Trinajstić information content (AvgIpc) is 2.99. The third kappa shape index (κ3) is 3.34. The van der Waals surface area contributed by atoms with Crippen LogP contribution in [0.4, 0.5) is 4.39 Å². The minimum Gasteiger partial charge on any atom is -0.381 e. The molecule has 2 aromatic rings. The Morgan fingerprint density at radius 2 is 1.85 bits per heavy atom. The number of aromatic nitrogens is 2. The molecule has 1 aromatic carbocycles. The summed E-state index contributed by atoms with van der Waals surface area (Å²) in [6, 6.07) is 3.51. The van der Waals surface area contributed by atoms with E-state index in [0.717, 1.165) is 57.2 Å². The highest BCUT2D eigenvalue weighted by atomic mass is 19.1. The van der Waals surface area contributed by atoms with Crippen LogP contribution in [0, 0.1) is 12.7 Å². The first-order valence-corrected chi connectivity index (χ1v) is 10.1. The summed E-state index contributed by atoms with van der Waals surface area (Å²) in [5.41, 5.74) is 1.90. The molecule has 0 spiro atoms. The van der Waals surface area contributed by atoms with Gasteiger partial charge in [-0.2, -0.15) is 0 Å². The normalized spacial score (nSPS) is 28.1. The number of halogens is 1. The molecule has 2 fully saturated rings. The number of hydrogen-bond donors (Lipinski definition) is 1. The van der Waals surface area contributed by atoms with Crippen molar-refractivity contribution in [2.24, 2.45) is 0 Å². The Morgan fingerprint density at radius 1 is 1.19 bits per heavy atom. The number of piperidine rings is 1. The van der Waals surface area contributed by atoms with E-state index in [1.165, 1.54) is 6.07 Å². The number of fused-ring (bicyclic) bond motifs is 1. The van der Waals surface area contributed by atoms with Crippen LogP contribution >= 0.6 is 0 Å². The Labute approximate surface area is 159 Å². The van der Waals surface area contributed by atoms with Gasteiger partial charge in [-0.1, -0.05) is 0 Å². The van der Waals surface area contributed by atoms with Crippen molar-refractivity contribution in [1.29, 1.82) is 0 Å². The van der Waals surface area contributed by atoms with E-state index in [0.29, 0.717) is 17.1 Å². The van der Waals surface area contributed by atoms with Gasteiger partial charge in [0.25, 0.3) is 0 Å². The number of aromatic amines is 1. The Kier molecular flexibility index (Phi) is 4.89. The van der Waals surface area contributed by atoms with Gasteiger partial charge in [-0.15, -0.1) is 0 Å². The van der Waals surface area contributed by atoms with Gasteiger partial charge in [0.05, 0.1) is 11.6 Å². The number of imidazole rings is 1. The summed E-state index contributed by atoms with van der Waals surface area (Å²) in [5, 5.41) is 0. The molecule has 5 nitrogen and oxygen atoms in total. The molecule has 2 heterocycles. The van der Waals surface area contributed by atoms with Gasteiger partial charge >= 0.3 is 5.69 Å². The molecular weight excluding hydrogens is 345 g/mol. The van der Waals surface area contributed by atoms with Crippen LogP contribution in [0.2, 0.25) is 0 Å². The lowest BCUT2D eigenvalue weighted by molar-refractivity contribution is -0.0146. The van der Waals surface area contributed by atoms with Crippen molar-refractivity contribution in [3.05, 3.63) is 34.0 Å². The molecule has 148 valence electrons. The van der Waals surface area contributed by atoms with Crippen LogP contribution in [0.1, 0.15) is 57.1 Å². The molecule has 0 amide bonds. The maximum atomic E-state index is 14.2. The molecule has 0 radical (unpaired) electrons. The smallest absolute Gasteiger partial charge is 0.326 e. The van der Waals surface area contributed by atoms with Crippen LogP contribution in [-0.2, 0) is 4.74 Å². The molecule has 4 rings (SSSR count). The fourth-order valence-electron chi connectivity index (χ4n) is 5.11. The van der Waals surface area contributed by atoms with Crippen molar-refractivity contribution in [2.45, 2.75) is 70.1 Å². The Hall–Kier alpha value is -1.66. The maximum Gasteiger partial charge on any atom is 0.326 e. The number of H-pyrrole nitrogens is 1. The Bertz CT molecular complexity index is 871. The first kappa shape index (κ1) is 18.7. The summed E-state index contributed by atoms with van der Waals surface area (Å²) < 4.78 is 21.5. The molecule has 2 aliphatic rings. The van der Waals surface area contributed by atoms with Gasteiger partial charge in [-0.25, -0.2) is 9.18 Å². The summed E-state index contributed by atoms with van der Waals surface area (Å²) in [6.07, 6.45) is 6.80. The zero-order valence-corrected chi connectivity index (χ0v) is 16.6. The highest BCUT2D eigenvalue weighted by Gasteiger charge is 2.38. The quantitative estimate of drug-likeness (QED) is 0.889. The molecule has 0 atom stereocenters. The summed E-state index contributed by atoms with van der Waals surface area (Å²) in [7, 11) is 1.81. The minimum absolute atomic E-state index is 0.127. The van der Waals surface area contributed by atoms with Crippen LogP contribution in [0.3, 0.4) is 0 Å². The lowest BCUT2D eigenvalue weighted by Gasteiger charge is -2.48. The number of aryl methyl sites for hydroxylation is 1. The highest BCUT2D eigenvalue weighted by molar-refractivity contribution is 5.77. The average molecular weight is 375 g/mol. The Morgan fingerprint density at radius 3 is 2.48 bits per heavy atom. The molecule has 0 unspecified atom stereocenters. The molecule has 27 heavy (non-hydrogen) atoms. The van der Waals surface area contributed by atoms with Crippen molar-refractivity contribution in [3.63, 3.8) is 0 Å². The molecule has 0 bridgehead atoms. The first-order chi connectivity index (χ1) is 12.9. The van der Waals surface area contributed by atoms with E-state index in [4.69, 9.17) is 4.74 Å². The van der Waals surface area contributed by atoms with Crippen LogP contribution in [0.25, 0.3) is 11.0 Å². The van der Waals surface area contributed by atoms with Gasteiger partial charge in [0, 0.05) is 31.8 Å². The molecule has 1 aliphatic carbocycles. The number of nitrogens with zero attached hydrogens (tertiary/aromatic N) is 2. The molecular formula is C21H30FN3O2. The molecule has 1 saturated heterocycles. The molecule has 1 aliphatic heterocycles. The Balaban J connectivity index is 1.51. The number of rotatable bonds is 3. The topological polar surface area (TPSA) is 50.3 Å². The van der Waals surface area contributed by atoms with Gasteiger partial charge < -0.3 is 9.72 Å². The van der Waals surface area contributed by atoms with Gasteiger partial charge in [0.2, 0.25) is 0 Å². The lowest BCUT2D eigenvalue weighted by Crippen LogP contribution is -2.52. The number of likely N-dealkylation sites (tertiary alicyclic amines) is 1. The van der Waals surface area contributed by atoms with E-state index in [1.54, 1.807) is 4.57 Å². The highest BCUT2D eigenvalue weighted by Crippen LogP contribution is 2.37. The van der Waals surface area contributed by atoms with Crippen LogP contribution < -0.4 is 5.69 Å². The number of benzene rings is 1. The summed E-state index contributed by atoms with van der Waals surface area (Å²) in [5.74, 6) is -0.347. The van der Waals surface area contributed by atoms with Crippen LogP contribution in [0.5, 0.6) is 0 Å². The fraction of sp³-hybridized carbons (Fsp3) is 0.667. The van der Waals surface area contributed by atoms with Crippen molar-refractivity contribution in [1.82, 2.24) is 14.5 Å². The number of ether oxygens (including phenoxy) is 1. The third-order valence-electron chi connectivity index (χ3n) is 6.86. The zero-order chi connectivity index (χ0) is 19.2. The summed E-state index contributed by atoms with van der Waals surface area (Å²) in [6.45, 7) is 6.19. The predicted molar refractivity (Wildman–Crippen MR) is 105 cm³/mol. The van der Waals surface area contributed by atoms with Crippen LogP contribution in [-0.4, -0.2) is 46.3 Å². The monoisotopic (exact) mass is 375 g/mol. The van der Waals surface area contributed by atoms with Crippen molar-refractivity contribution < 1.29 is 9.13 Å². The van der Waals surface area contributed by atoms with E-state index >= 15 is 0 Å². The molecule has 1 saturated carbocycles. The SMILES string of the molecule is COC1CCC(C)(N2CCC(n3c(=O)[nH]c4c(F)cc(C)cc43)CC2)CC1. The van der Waals surface area contributed by atoms with E-state index in [2.05, 4.69) is 16.8 Å². The van der Waals surface area contributed by atoms with E-state index in [-0.39, 0.29) is 23.1 Å². The first-order valence-electron chi connectivity index (χ1n) is 10.1. The molecule has 1 aromatic heterocycles. The summed E-state index contributed by atoms with van der Waals surface area (Å²) >= 11 is 0. The van der Waals surface area contributed by atoms with Crippen molar-refractivity contribution in [3.8, 4) is 0 Å². The van der Waals surface area contributed by atoms with Crippen molar-refractivity contribution >= 4 is 11.0 Å². The number of hydrogen-bond acceptors (Lipinski definition) is 3. The lowest BCUT2D eigenvalue weighted by atomic mass is 9.79. The van der Waals surface area contributed by atoms with Crippen LogP contribution in [0.15, 0.2) is 16.9 Å². The fourth-order valence-corrected chi connectivity index (χ4v) is 5.11. The van der Waals surface area contributed by atoms with Crippen molar-refractivity contribution in [2.75, 3.05) is 20.2 Å². The predicted octanol–water partition coefficient (Wildman–Crippen LogP) is 3.76. The molecule has 6 heteroatoms. The maximum absolute atomic E-state index is 14.2. The zero-order valence-electron chi connectivity index (χ0n) is 16.6. The van der Waals surface area contributed by atoms with Gasteiger partial charge in [-0.3, -0.25) is 9.47 Å². The van der Waals surface area contributed by atoms with Gasteiger partial charge in [-0.05, 0) is 70.1 Å². The minimum atomic E-state index is -0.347. The molecule has 1 N–H and O–H groups in total. The second-order valence-electron chi connectivity index (χ2n) is 8.59. The van der Waals surface area contributed by atoms with E-state index in [9.17, 15) is 9.18 Å². The van der Waals surface area contributed by atoms with Gasteiger partial charge in [0.15, 0.2) is 0 Å². The second-order valence-corrected chi connectivity index (χ2v) is 8.59. The van der Waals surface area contributed by atoms with E-state index < -0.39 is 0 Å². The van der Waals surface area contributed by atoms with Gasteiger partial charge in [0.1, 0.15) is 11.3 Å². The third-order valence-corrected chi connectivity index (χ3v) is 6.86. The summed E-state index contributed by atoms with van der Waals surface area (Å²) in [4.78, 5) is 17.8. The standard InChI is InChI=1S/C21H30FN3O2/c1-14-12-17(22)19-18(13-14)25(20(26)23-19)15-6-10-24(11-7-15)21(2)8-4-16(27-3)5-9-21/h12-13,15-16H,4-11H2,1-3H3,(H,23,26). The second kappa shape index (κ2) is 7.06. The number of methoxy groups -OCH3 is 1. The van der Waals surface area contributed by atoms with E-state index in [1.807, 2.05) is 20.1 Å². The number of nitrogens with one attached hydrogen (secondary N) is 1. The largest absolute Gasteiger partial charge is 0.381 e.